The molecule has 0 radical (unpaired) electrons. The van der Waals surface area contributed by atoms with E-state index in [0.29, 0.717) is 10.7 Å². The fourth-order valence-corrected chi connectivity index (χ4v) is 2.90. The molecule has 1 amide bonds. The molecule has 3 aromatic rings. The quantitative estimate of drug-likeness (QED) is 0.805. The van der Waals surface area contributed by atoms with Gasteiger partial charge in [0.2, 0.25) is 5.91 Å². The number of aromatic nitrogens is 2. The van der Waals surface area contributed by atoms with Crippen LogP contribution in [0.4, 0.5) is 5.69 Å². The molecule has 1 atom stereocenters. The Labute approximate surface area is 124 Å². The van der Waals surface area contributed by atoms with Gasteiger partial charge in [0.05, 0.1) is 16.3 Å². The summed E-state index contributed by atoms with van der Waals surface area (Å²) in [5.74, 6) is -1.31. The van der Waals surface area contributed by atoms with Gasteiger partial charge in [-0.25, -0.2) is 4.98 Å². The second kappa shape index (κ2) is 5.69. The van der Waals surface area contributed by atoms with Gasteiger partial charge in [-0.3, -0.25) is 9.78 Å². The lowest BCUT2D eigenvalue weighted by molar-refractivity contribution is -0.116. The van der Waals surface area contributed by atoms with Gasteiger partial charge in [0, 0.05) is 18.1 Å². The van der Waals surface area contributed by atoms with Crippen molar-refractivity contribution in [2.24, 2.45) is 0 Å². The lowest BCUT2D eigenvalue weighted by Gasteiger charge is -2.07. The fraction of sp³-hybridized carbons (Fsp3) is 0.0667. The number of carbonyl (C=O) groups excluding carboxylic acids is 1. The number of amides is 1. The number of carbonyl (C=O) groups is 1. The summed E-state index contributed by atoms with van der Waals surface area (Å²) in [6.07, 6.45) is 3.16. The van der Waals surface area contributed by atoms with E-state index in [4.69, 9.17) is 0 Å². The highest BCUT2D eigenvalue weighted by Crippen LogP contribution is 2.28. The second-order valence-electron chi connectivity index (χ2n) is 4.31. The summed E-state index contributed by atoms with van der Waals surface area (Å²) in [6.45, 7) is 0. The first-order valence-electron chi connectivity index (χ1n) is 6.24. The van der Waals surface area contributed by atoms with Gasteiger partial charge in [-0.15, -0.1) is 11.3 Å². The first-order chi connectivity index (χ1) is 10.3. The Kier molecular flexibility index (Phi) is 3.58. The third-order valence-corrected chi connectivity index (χ3v) is 4.00. The van der Waals surface area contributed by atoms with E-state index in [1.165, 1.54) is 11.3 Å². The average molecular weight is 294 g/mol. The summed E-state index contributed by atoms with van der Waals surface area (Å²) >= 11 is 1.36. The number of hydrogen-bond acceptors (Lipinski definition) is 5. The first kappa shape index (κ1) is 13.2. The molecule has 0 spiro atoms. The Morgan fingerprint density at radius 1 is 1.24 bits per heavy atom. The van der Waals surface area contributed by atoms with Crippen molar-refractivity contribution in [1.29, 1.82) is 5.26 Å². The number of pyridine rings is 1. The summed E-state index contributed by atoms with van der Waals surface area (Å²) in [7, 11) is 0. The lowest BCUT2D eigenvalue weighted by atomic mass is 10.1. The minimum atomic E-state index is -0.921. The highest BCUT2D eigenvalue weighted by molar-refractivity contribution is 7.18. The Morgan fingerprint density at radius 3 is 2.71 bits per heavy atom. The smallest absolute Gasteiger partial charge is 0.248 e. The van der Waals surface area contributed by atoms with Crippen LogP contribution in [0, 0.1) is 11.3 Å². The molecule has 0 saturated heterocycles. The predicted octanol–water partition coefficient (Wildman–Crippen LogP) is 2.94. The summed E-state index contributed by atoms with van der Waals surface area (Å²) in [5, 5.41) is 12.5. The average Bonchev–Trinajstić information content (AvgIpc) is 2.92. The molecule has 5 nitrogen and oxygen atoms in total. The Bertz CT molecular complexity index is 789. The standard InChI is InChI=1S/C15H10N4OS/c16-9-11(14(20)18-10-5-7-17-8-6-10)15-19-12-3-1-2-4-13(12)21-15/h1-8,11H,(H,17,18,20)/t11-/m1/s1. The van der Waals surface area contributed by atoms with E-state index < -0.39 is 5.92 Å². The van der Waals surface area contributed by atoms with Crippen LogP contribution < -0.4 is 5.32 Å². The number of anilines is 1. The number of thiazole rings is 1. The molecule has 3 rings (SSSR count). The number of benzene rings is 1. The molecule has 0 bridgehead atoms. The van der Waals surface area contributed by atoms with Gasteiger partial charge in [-0.2, -0.15) is 5.26 Å². The largest absolute Gasteiger partial charge is 0.324 e. The molecule has 0 fully saturated rings. The van der Waals surface area contributed by atoms with E-state index >= 15 is 0 Å². The van der Waals surface area contributed by atoms with Crippen LogP contribution in [0.3, 0.4) is 0 Å². The van der Waals surface area contributed by atoms with Gasteiger partial charge in [-0.05, 0) is 24.3 Å². The van der Waals surface area contributed by atoms with Crippen LogP contribution in [0.2, 0.25) is 0 Å². The Balaban J connectivity index is 1.87. The van der Waals surface area contributed by atoms with Crippen molar-refractivity contribution < 1.29 is 4.79 Å². The number of nitriles is 1. The molecule has 1 N–H and O–H groups in total. The van der Waals surface area contributed by atoms with Crippen LogP contribution >= 0.6 is 11.3 Å². The van der Waals surface area contributed by atoms with Crippen molar-refractivity contribution in [3.8, 4) is 6.07 Å². The zero-order valence-electron chi connectivity index (χ0n) is 10.9. The van der Waals surface area contributed by atoms with Gasteiger partial charge < -0.3 is 5.32 Å². The van der Waals surface area contributed by atoms with Crippen LogP contribution in [0.25, 0.3) is 10.2 Å². The highest BCUT2D eigenvalue weighted by Gasteiger charge is 2.24. The second-order valence-corrected chi connectivity index (χ2v) is 5.37. The summed E-state index contributed by atoms with van der Waals surface area (Å²) < 4.78 is 0.962. The Hall–Kier alpha value is -2.78. The summed E-state index contributed by atoms with van der Waals surface area (Å²) in [4.78, 5) is 20.5. The maximum Gasteiger partial charge on any atom is 0.248 e. The number of nitrogens with one attached hydrogen (secondary N) is 1. The van der Waals surface area contributed by atoms with Gasteiger partial charge in [-0.1, -0.05) is 12.1 Å². The lowest BCUT2D eigenvalue weighted by Crippen LogP contribution is -2.19. The number of para-hydroxylation sites is 1. The van der Waals surface area contributed by atoms with Crippen LogP contribution in [0.5, 0.6) is 0 Å². The Morgan fingerprint density at radius 2 is 2.00 bits per heavy atom. The molecule has 0 aliphatic heterocycles. The molecule has 0 aliphatic carbocycles. The molecule has 102 valence electrons. The minimum Gasteiger partial charge on any atom is -0.324 e. The molecular weight excluding hydrogens is 284 g/mol. The monoisotopic (exact) mass is 294 g/mol. The van der Waals surface area contributed by atoms with E-state index in [2.05, 4.69) is 15.3 Å². The highest BCUT2D eigenvalue weighted by atomic mass is 32.1. The van der Waals surface area contributed by atoms with Crippen molar-refractivity contribution in [3.05, 3.63) is 53.8 Å². The van der Waals surface area contributed by atoms with Crippen LogP contribution in [-0.4, -0.2) is 15.9 Å². The number of rotatable bonds is 3. The zero-order chi connectivity index (χ0) is 14.7. The maximum atomic E-state index is 12.2. The number of fused-ring (bicyclic) bond motifs is 1. The summed E-state index contributed by atoms with van der Waals surface area (Å²) in [5.41, 5.74) is 1.41. The van der Waals surface area contributed by atoms with Gasteiger partial charge >= 0.3 is 0 Å². The van der Waals surface area contributed by atoms with Gasteiger partial charge in [0.15, 0.2) is 5.92 Å². The molecule has 1 aromatic carbocycles. The molecule has 0 saturated carbocycles. The third-order valence-electron chi connectivity index (χ3n) is 2.90. The van der Waals surface area contributed by atoms with E-state index in [0.717, 1.165) is 10.2 Å². The van der Waals surface area contributed by atoms with E-state index in [1.54, 1.807) is 24.5 Å². The summed E-state index contributed by atoms with van der Waals surface area (Å²) in [6, 6.07) is 12.9. The topological polar surface area (TPSA) is 78.7 Å². The van der Waals surface area contributed by atoms with Crippen LogP contribution in [0.1, 0.15) is 10.9 Å². The minimum absolute atomic E-state index is 0.386. The molecule has 2 aromatic heterocycles. The van der Waals surface area contributed by atoms with Crippen molar-refractivity contribution in [2.75, 3.05) is 5.32 Å². The SMILES string of the molecule is N#C[C@H](C(=O)Nc1ccncc1)c1nc2ccccc2s1. The van der Waals surface area contributed by atoms with Crippen LogP contribution in [0.15, 0.2) is 48.8 Å². The van der Waals surface area contributed by atoms with Crippen LogP contribution in [-0.2, 0) is 4.79 Å². The molecular formula is C15H10N4OS. The van der Waals surface area contributed by atoms with E-state index in [9.17, 15) is 10.1 Å². The molecule has 0 unspecified atom stereocenters. The maximum absolute atomic E-state index is 12.2. The molecule has 6 heteroatoms. The van der Waals surface area contributed by atoms with Crippen molar-refractivity contribution in [2.45, 2.75) is 5.92 Å². The molecule has 0 aliphatic rings. The van der Waals surface area contributed by atoms with E-state index in [-0.39, 0.29) is 5.91 Å². The molecule has 21 heavy (non-hydrogen) atoms. The third kappa shape index (κ3) is 2.73. The van der Waals surface area contributed by atoms with E-state index in [1.807, 2.05) is 30.3 Å². The first-order valence-corrected chi connectivity index (χ1v) is 7.05. The van der Waals surface area contributed by atoms with Crippen molar-refractivity contribution in [3.63, 3.8) is 0 Å². The molecule has 2 heterocycles. The number of hydrogen-bond donors (Lipinski definition) is 1. The normalized spacial score (nSPS) is 11.8. The van der Waals surface area contributed by atoms with Crippen molar-refractivity contribution in [1.82, 2.24) is 9.97 Å². The van der Waals surface area contributed by atoms with Gasteiger partial charge in [0.1, 0.15) is 5.01 Å². The predicted molar refractivity (Wildman–Crippen MR) is 80.8 cm³/mol. The number of nitrogens with zero attached hydrogens (tertiary/aromatic N) is 3. The van der Waals surface area contributed by atoms with Crippen molar-refractivity contribution >= 4 is 33.1 Å². The zero-order valence-corrected chi connectivity index (χ0v) is 11.7. The van der Waals surface area contributed by atoms with Gasteiger partial charge in [0.25, 0.3) is 0 Å². The fourth-order valence-electron chi connectivity index (χ4n) is 1.89.